The van der Waals surface area contributed by atoms with Gasteiger partial charge in [0.1, 0.15) is 0 Å². The summed E-state index contributed by atoms with van der Waals surface area (Å²) in [5.74, 6) is 0.946. The van der Waals surface area contributed by atoms with Crippen LogP contribution in [0.15, 0.2) is 18.2 Å². The molecule has 1 heterocycles. The number of fused-ring (bicyclic) bond motifs is 1. The number of nitrogens with one attached hydrogen (secondary N) is 1. The number of rotatable bonds is 3. The van der Waals surface area contributed by atoms with Crippen molar-refractivity contribution >= 4 is 5.69 Å². The Morgan fingerprint density at radius 1 is 1.10 bits per heavy atom. The van der Waals surface area contributed by atoms with Gasteiger partial charge < -0.3 is 10.2 Å². The minimum absolute atomic E-state index is 0.675. The number of hydrogen-bond acceptors (Lipinski definition) is 2. The van der Waals surface area contributed by atoms with Gasteiger partial charge in [-0.3, -0.25) is 0 Å². The molecule has 1 aromatic rings. The van der Waals surface area contributed by atoms with Gasteiger partial charge in [-0.25, -0.2) is 0 Å². The Labute approximate surface area is 123 Å². The van der Waals surface area contributed by atoms with Crippen LogP contribution in [0.1, 0.15) is 43.2 Å². The first-order valence-corrected chi connectivity index (χ1v) is 8.17. The molecule has 3 atom stereocenters. The quantitative estimate of drug-likeness (QED) is 0.903. The molecule has 0 amide bonds. The molecule has 0 aromatic heterocycles. The van der Waals surface area contributed by atoms with Crippen LogP contribution in [0.4, 0.5) is 5.69 Å². The lowest BCUT2D eigenvalue weighted by Crippen LogP contribution is -2.39. The van der Waals surface area contributed by atoms with E-state index >= 15 is 0 Å². The van der Waals surface area contributed by atoms with Crippen molar-refractivity contribution in [1.82, 2.24) is 5.32 Å². The van der Waals surface area contributed by atoms with Crippen LogP contribution in [0, 0.1) is 19.8 Å². The van der Waals surface area contributed by atoms with Crippen LogP contribution in [0.25, 0.3) is 0 Å². The minimum Gasteiger partial charge on any atom is -0.373 e. The van der Waals surface area contributed by atoms with E-state index in [0.717, 1.165) is 18.5 Å². The monoisotopic (exact) mass is 272 g/mol. The largest absolute Gasteiger partial charge is 0.373 e. The SMILES string of the molecule is Cc1cc(C)cc(N(C)CC2CC3CCCCC3N2)c1. The Bertz CT molecular complexity index is 434. The van der Waals surface area contributed by atoms with Gasteiger partial charge in [0.05, 0.1) is 0 Å². The van der Waals surface area contributed by atoms with Crippen molar-refractivity contribution in [1.29, 1.82) is 0 Å². The number of anilines is 1. The molecule has 2 aliphatic rings. The maximum absolute atomic E-state index is 3.88. The Kier molecular flexibility index (Phi) is 4.02. The molecule has 2 nitrogen and oxygen atoms in total. The van der Waals surface area contributed by atoms with Crippen LogP contribution in [-0.2, 0) is 0 Å². The second-order valence-corrected chi connectivity index (χ2v) is 6.98. The molecule has 1 aromatic carbocycles. The fourth-order valence-corrected chi connectivity index (χ4v) is 4.18. The van der Waals surface area contributed by atoms with Gasteiger partial charge in [0.15, 0.2) is 0 Å². The second-order valence-electron chi connectivity index (χ2n) is 6.98. The average Bonchev–Trinajstić information content (AvgIpc) is 2.79. The maximum Gasteiger partial charge on any atom is 0.0369 e. The van der Waals surface area contributed by atoms with Gasteiger partial charge >= 0.3 is 0 Å². The zero-order chi connectivity index (χ0) is 14.1. The molecule has 2 fully saturated rings. The number of hydrogen-bond donors (Lipinski definition) is 1. The predicted molar refractivity (Wildman–Crippen MR) is 86.5 cm³/mol. The lowest BCUT2D eigenvalue weighted by atomic mass is 9.85. The molecule has 1 N–H and O–H groups in total. The molecule has 2 heteroatoms. The number of likely N-dealkylation sites (N-methyl/N-ethyl adjacent to an activating group) is 1. The summed E-state index contributed by atoms with van der Waals surface area (Å²) in [5.41, 5.74) is 4.08. The van der Waals surface area contributed by atoms with Crippen LogP contribution in [0.5, 0.6) is 0 Å². The van der Waals surface area contributed by atoms with Crippen molar-refractivity contribution in [3.05, 3.63) is 29.3 Å². The highest BCUT2D eigenvalue weighted by Gasteiger charge is 2.35. The van der Waals surface area contributed by atoms with Crippen molar-refractivity contribution in [3.63, 3.8) is 0 Å². The van der Waals surface area contributed by atoms with Crippen molar-refractivity contribution in [3.8, 4) is 0 Å². The summed E-state index contributed by atoms with van der Waals surface area (Å²) < 4.78 is 0. The van der Waals surface area contributed by atoms with Crippen molar-refractivity contribution in [2.24, 2.45) is 5.92 Å². The third kappa shape index (κ3) is 3.01. The normalized spacial score (nSPS) is 29.2. The average molecular weight is 272 g/mol. The van der Waals surface area contributed by atoms with Crippen LogP contribution in [0.3, 0.4) is 0 Å². The molecule has 3 rings (SSSR count). The van der Waals surface area contributed by atoms with E-state index in [0.29, 0.717) is 6.04 Å². The first-order chi connectivity index (χ1) is 9.61. The van der Waals surface area contributed by atoms with Gasteiger partial charge in [0, 0.05) is 31.4 Å². The minimum atomic E-state index is 0.675. The van der Waals surface area contributed by atoms with E-state index in [2.05, 4.69) is 49.3 Å². The predicted octanol–water partition coefficient (Wildman–Crippen LogP) is 3.66. The number of aryl methyl sites for hydroxylation is 2. The molecular weight excluding hydrogens is 244 g/mol. The van der Waals surface area contributed by atoms with E-state index in [1.54, 1.807) is 0 Å². The fourth-order valence-electron chi connectivity index (χ4n) is 4.18. The van der Waals surface area contributed by atoms with Gasteiger partial charge in [0.25, 0.3) is 0 Å². The lowest BCUT2D eigenvalue weighted by Gasteiger charge is -2.25. The molecule has 1 saturated carbocycles. The number of nitrogens with zero attached hydrogens (tertiary/aromatic N) is 1. The van der Waals surface area contributed by atoms with Gasteiger partial charge in [-0.05, 0) is 62.3 Å². The van der Waals surface area contributed by atoms with Gasteiger partial charge in [0.2, 0.25) is 0 Å². The third-order valence-corrected chi connectivity index (χ3v) is 5.09. The van der Waals surface area contributed by atoms with E-state index in [1.807, 2.05) is 0 Å². The van der Waals surface area contributed by atoms with E-state index in [1.165, 1.54) is 48.9 Å². The zero-order valence-electron chi connectivity index (χ0n) is 13.2. The molecule has 110 valence electrons. The smallest absolute Gasteiger partial charge is 0.0369 e. The Morgan fingerprint density at radius 2 is 1.80 bits per heavy atom. The molecule has 0 radical (unpaired) electrons. The maximum atomic E-state index is 3.88. The van der Waals surface area contributed by atoms with Crippen molar-refractivity contribution in [2.45, 2.75) is 58.0 Å². The highest BCUT2D eigenvalue weighted by Crippen LogP contribution is 2.33. The van der Waals surface area contributed by atoms with Crippen LogP contribution in [0.2, 0.25) is 0 Å². The Balaban J connectivity index is 1.63. The summed E-state index contributed by atoms with van der Waals surface area (Å²) in [4.78, 5) is 2.43. The van der Waals surface area contributed by atoms with Crippen molar-refractivity contribution < 1.29 is 0 Å². The molecule has 1 aliphatic carbocycles. The zero-order valence-corrected chi connectivity index (χ0v) is 13.2. The first-order valence-electron chi connectivity index (χ1n) is 8.17. The van der Waals surface area contributed by atoms with E-state index in [4.69, 9.17) is 0 Å². The van der Waals surface area contributed by atoms with E-state index < -0.39 is 0 Å². The summed E-state index contributed by atoms with van der Waals surface area (Å²) in [6.45, 7) is 5.51. The van der Waals surface area contributed by atoms with Gasteiger partial charge in [-0.15, -0.1) is 0 Å². The summed E-state index contributed by atoms with van der Waals surface area (Å²) >= 11 is 0. The Hall–Kier alpha value is -1.02. The molecule has 0 spiro atoms. The summed E-state index contributed by atoms with van der Waals surface area (Å²) in [6, 6.07) is 8.33. The topological polar surface area (TPSA) is 15.3 Å². The highest BCUT2D eigenvalue weighted by molar-refractivity contribution is 5.50. The lowest BCUT2D eigenvalue weighted by molar-refractivity contribution is 0.325. The molecule has 20 heavy (non-hydrogen) atoms. The van der Waals surface area contributed by atoms with E-state index in [9.17, 15) is 0 Å². The van der Waals surface area contributed by atoms with Gasteiger partial charge in [-0.2, -0.15) is 0 Å². The summed E-state index contributed by atoms with van der Waals surface area (Å²) in [5, 5.41) is 3.88. The molecule has 0 bridgehead atoms. The van der Waals surface area contributed by atoms with E-state index in [-0.39, 0.29) is 0 Å². The fraction of sp³-hybridized carbons (Fsp3) is 0.667. The number of benzene rings is 1. The van der Waals surface area contributed by atoms with Crippen LogP contribution >= 0.6 is 0 Å². The molecule has 1 aliphatic heterocycles. The van der Waals surface area contributed by atoms with Crippen molar-refractivity contribution in [2.75, 3.05) is 18.5 Å². The first kappa shape index (κ1) is 13.9. The van der Waals surface area contributed by atoms with Crippen LogP contribution < -0.4 is 10.2 Å². The summed E-state index contributed by atoms with van der Waals surface area (Å²) in [7, 11) is 2.23. The van der Waals surface area contributed by atoms with Gasteiger partial charge in [-0.1, -0.05) is 18.9 Å². The molecule has 3 unspecified atom stereocenters. The van der Waals surface area contributed by atoms with Crippen LogP contribution in [-0.4, -0.2) is 25.7 Å². The molecule has 1 saturated heterocycles. The molecular formula is C18H28N2. The highest BCUT2D eigenvalue weighted by atomic mass is 15.1. The third-order valence-electron chi connectivity index (χ3n) is 5.09. The summed E-state index contributed by atoms with van der Waals surface area (Å²) in [6.07, 6.45) is 7.09. The Morgan fingerprint density at radius 3 is 2.50 bits per heavy atom. The second kappa shape index (κ2) is 5.77. The standard InChI is InChI=1S/C18H28N2/c1-13-8-14(2)10-17(9-13)20(3)12-16-11-15-6-4-5-7-18(15)19-16/h8-10,15-16,18-19H,4-7,11-12H2,1-3H3.